The van der Waals surface area contributed by atoms with Gasteiger partial charge in [0, 0.05) is 11.5 Å². The minimum Gasteiger partial charge on any atom is -0.378 e. The molecule has 1 unspecified atom stereocenters. The quantitative estimate of drug-likeness (QED) is 0.433. The van der Waals surface area contributed by atoms with Crippen LogP contribution < -0.4 is 0 Å². The second-order valence-electron chi connectivity index (χ2n) is 2.45. The van der Waals surface area contributed by atoms with Crippen LogP contribution in [0.4, 0.5) is 0 Å². The topological polar surface area (TPSA) is 9.23 Å². The van der Waals surface area contributed by atoms with Crippen molar-refractivity contribution < 1.29 is 4.74 Å². The van der Waals surface area contributed by atoms with E-state index in [9.17, 15) is 0 Å². The molecule has 0 saturated carbocycles. The standard InChI is InChI=1S/C9H18OS/c1-4-7-11-8-6-10-9(3)5-2/h4,9H,1,5-8H2,2-3H3. The Morgan fingerprint density at radius 1 is 1.64 bits per heavy atom. The molecule has 0 heterocycles. The molecule has 0 aromatic heterocycles. The summed E-state index contributed by atoms with van der Waals surface area (Å²) in [6, 6.07) is 0. The fraction of sp³-hybridized carbons (Fsp3) is 0.778. The lowest BCUT2D eigenvalue weighted by atomic mass is 10.3. The maximum atomic E-state index is 5.48. The summed E-state index contributed by atoms with van der Waals surface area (Å²) in [6.45, 7) is 8.77. The van der Waals surface area contributed by atoms with Crippen molar-refractivity contribution in [2.75, 3.05) is 18.1 Å². The third-order valence-electron chi connectivity index (χ3n) is 1.44. The van der Waals surface area contributed by atoms with Crippen molar-refractivity contribution in [3.63, 3.8) is 0 Å². The first-order valence-corrected chi connectivity index (χ1v) is 5.27. The van der Waals surface area contributed by atoms with Crippen molar-refractivity contribution in [2.24, 2.45) is 0 Å². The van der Waals surface area contributed by atoms with Gasteiger partial charge in [0.15, 0.2) is 0 Å². The van der Waals surface area contributed by atoms with E-state index >= 15 is 0 Å². The van der Waals surface area contributed by atoms with Crippen LogP contribution >= 0.6 is 11.8 Å². The second kappa shape index (κ2) is 8.15. The SMILES string of the molecule is C=CCSCCOC(C)CC. The van der Waals surface area contributed by atoms with E-state index in [0.29, 0.717) is 6.10 Å². The van der Waals surface area contributed by atoms with Gasteiger partial charge in [0.2, 0.25) is 0 Å². The number of ether oxygens (including phenoxy) is 1. The molecule has 0 aromatic carbocycles. The van der Waals surface area contributed by atoms with E-state index < -0.39 is 0 Å². The predicted molar refractivity (Wildman–Crippen MR) is 53.2 cm³/mol. The maximum absolute atomic E-state index is 5.48. The molecule has 0 saturated heterocycles. The van der Waals surface area contributed by atoms with Gasteiger partial charge in [0.05, 0.1) is 12.7 Å². The summed E-state index contributed by atoms with van der Waals surface area (Å²) in [5.74, 6) is 2.11. The molecule has 0 aliphatic carbocycles. The number of thioether (sulfide) groups is 1. The van der Waals surface area contributed by atoms with Crippen molar-refractivity contribution >= 4 is 11.8 Å². The highest BCUT2D eigenvalue weighted by Gasteiger charge is 1.96. The van der Waals surface area contributed by atoms with Gasteiger partial charge in [-0.05, 0) is 13.3 Å². The lowest BCUT2D eigenvalue weighted by Gasteiger charge is -2.09. The molecule has 0 aromatic rings. The number of rotatable bonds is 7. The molecular weight excluding hydrogens is 156 g/mol. The van der Waals surface area contributed by atoms with E-state index in [2.05, 4.69) is 20.4 Å². The Bertz CT molecular complexity index is 93.6. The highest BCUT2D eigenvalue weighted by atomic mass is 32.2. The summed E-state index contributed by atoms with van der Waals surface area (Å²) in [5.41, 5.74) is 0. The van der Waals surface area contributed by atoms with Crippen molar-refractivity contribution in [1.29, 1.82) is 0 Å². The third-order valence-corrected chi connectivity index (χ3v) is 2.37. The molecule has 11 heavy (non-hydrogen) atoms. The molecule has 1 atom stereocenters. The van der Waals surface area contributed by atoms with Crippen LogP contribution in [0.3, 0.4) is 0 Å². The predicted octanol–water partition coefficient (Wildman–Crippen LogP) is 2.72. The van der Waals surface area contributed by atoms with E-state index in [4.69, 9.17) is 4.74 Å². The van der Waals surface area contributed by atoms with Crippen LogP contribution in [-0.4, -0.2) is 24.2 Å². The van der Waals surface area contributed by atoms with Crippen LogP contribution in [0.2, 0.25) is 0 Å². The van der Waals surface area contributed by atoms with Crippen LogP contribution in [0.25, 0.3) is 0 Å². The van der Waals surface area contributed by atoms with E-state index in [1.807, 2.05) is 17.8 Å². The highest BCUT2D eigenvalue weighted by molar-refractivity contribution is 7.99. The highest BCUT2D eigenvalue weighted by Crippen LogP contribution is 2.01. The average Bonchev–Trinajstić information content (AvgIpc) is 2.04. The first-order chi connectivity index (χ1) is 5.31. The Balaban J connectivity index is 2.95. The molecule has 1 nitrogen and oxygen atoms in total. The Labute approximate surface area is 74.2 Å². The largest absolute Gasteiger partial charge is 0.378 e. The monoisotopic (exact) mass is 174 g/mol. The normalized spacial score (nSPS) is 12.9. The van der Waals surface area contributed by atoms with Crippen LogP contribution in [0.5, 0.6) is 0 Å². The van der Waals surface area contributed by atoms with E-state index in [1.165, 1.54) is 0 Å². The minimum atomic E-state index is 0.416. The molecule has 0 N–H and O–H groups in total. The van der Waals surface area contributed by atoms with E-state index in [1.54, 1.807) is 0 Å². The van der Waals surface area contributed by atoms with Gasteiger partial charge < -0.3 is 4.74 Å². The molecule has 2 heteroatoms. The van der Waals surface area contributed by atoms with Gasteiger partial charge >= 0.3 is 0 Å². The zero-order valence-electron chi connectivity index (χ0n) is 7.51. The number of hydrogen-bond donors (Lipinski definition) is 0. The van der Waals surface area contributed by atoms with Crippen molar-refractivity contribution in [3.8, 4) is 0 Å². The Kier molecular flexibility index (Phi) is 8.19. The molecule has 0 rings (SSSR count). The van der Waals surface area contributed by atoms with Gasteiger partial charge in [-0.2, -0.15) is 11.8 Å². The van der Waals surface area contributed by atoms with Gasteiger partial charge in [-0.1, -0.05) is 13.0 Å². The number of hydrogen-bond acceptors (Lipinski definition) is 2. The van der Waals surface area contributed by atoms with Crippen LogP contribution in [-0.2, 0) is 4.74 Å². The summed E-state index contributed by atoms with van der Waals surface area (Å²) in [7, 11) is 0. The Hall–Kier alpha value is 0.0500. The van der Waals surface area contributed by atoms with Gasteiger partial charge in [-0.25, -0.2) is 0 Å². The fourth-order valence-electron chi connectivity index (χ4n) is 0.593. The lowest BCUT2D eigenvalue weighted by molar-refractivity contribution is 0.0759. The molecule has 0 radical (unpaired) electrons. The fourth-order valence-corrected chi connectivity index (χ4v) is 1.14. The summed E-state index contributed by atoms with van der Waals surface area (Å²) in [6.07, 6.45) is 3.44. The smallest absolute Gasteiger partial charge is 0.0560 e. The summed E-state index contributed by atoms with van der Waals surface area (Å²) in [5, 5.41) is 0. The maximum Gasteiger partial charge on any atom is 0.0560 e. The third kappa shape index (κ3) is 7.95. The molecule has 0 spiro atoms. The molecular formula is C9H18OS. The van der Waals surface area contributed by atoms with Crippen LogP contribution in [0, 0.1) is 0 Å². The molecule has 0 fully saturated rings. The first-order valence-electron chi connectivity index (χ1n) is 4.11. The summed E-state index contributed by atoms with van der Waals surface area (Å²) in [4.78, 5) is 0. The molecule has 0 bridgehead atoms. The Morgan fingerprint density at radius 2 is 2.36 bits per heavy atom. The zero-order valence-corrected chi connectivity index (χ0v) is 8.32. The van der Waals surface area contributed by atoms with Crippen LogP contribution in [0.1, 0.15) is 20.3 Å². The van der Waals surface area contributed by atoms with E-state index in [0.717, 1.165) is 24.5 Å². The minimum absolute atomic E-state index is 0.416. The van der Waals surface area contributed by atoms with E-state index in [-0.39, 0.29) is 0 Å². The second-order valence-corrected chi connectivity index (χ2v) is 3.60. The Morgan fingerprint density at radius 3 is 2.91 bits per heavy atom. The molecule has 0 aliphatic rings. The van der Waals surface area contributed by atoms with Crippen molar-refractivity contribution in [1.82, 2.24) is 0 Å². The first kappa shape index (κ1) is 11.1. The molecule has 66 valence electrons. The summed E-state index contributed by atoms with van der Waals surface area (Å²) >= 11 is 1.86. The van der Waals surface area contributed by atoms with Gasteiger partial charge in [0.25, 0.3) is 0 Å². The zero-order chi connectivity index (χ0) is 8.53. The van der Waals surface area contributed by atoms with Crippen molar-refractivity contribution in [3.05, 3.63) is 12.7 Å². The van der Waals surface area contributed by atoms with Gasteiger partial charge in [0.1, 0.15) is 0 Å². The summed E-state index contributed by atoms with van der Waals surface area (Å²) < 4.78 is 5.48. The molecule has 0 aliphatic heterocycles. The van der Waals surface area contributed by atoms with Crippen molar-refractivity contribution in [2.45, 2.75) is 26.4 Å². The van der Waals surface area contributed by atoms with Gasteiger partial charge in [-0.15, -0.1) is 6.58 Å². The average molecular weight is 174 g/mol. The van der Waals surface area contributed by atoms with Crippen LogP contribution in [0.15, 0.2) is 12.7 Å². The molecule has 0 amide bonds. The van der Waals surface area contributed by atoms with Gasteiger partial charge in [-0.3, -0.25) is 0 Å². The lowest BCUT2D eigenvalue weighted by Crippen LogP contribution is -2.08.